The molecule has 80 valence electrons. The summed E-state index contributed by atoms with van der Waals surface area (Å²) in [4.78, 5) is 0. The molecule has 1 atom stereocenters. The molecule has 0 amide bonds. The number of hydrogen-bond acceptors (Lipinski definition) is 4. The van der Waals surface area contributed by atoms with Gasteiger partial charge in [-0.2, -0.15) is 0 Å². The molecule has 0 radical (unpaired) electrons. The molecule has 0 aromatic heterocycles. The van der Waals surface area contributed by atoms with E-state index in [0.29, 0.717) is 6.61 Å². The normalized spacial score (nSPS) is 32.4. The highest BCUT2D eigenvalue weighted by atomic mass is 35.5. The number of rotatable bonds is 1. The summed E-state index contributed by atoms with van der Waals surface area (Å²) in [7, 11) is 0. The summed E-state index contributed by atoms with van der Waals surface area (Å²) in [5, 5.41) is 11.5. The Hall–Kier alpha value is -0.320. The van der Waals surface area contributed by atoms with Crippen LogP contribution in [0.25, 0.3) is 0 Å². The van der Waals surface area contributed by atoms with Gasteiger partial charge in [-0.15, -0.1) is 0 Å². The first-order valence-electron chi connectivity index (χ1n) is 4.95. The van der Waals surface area contributed by atoms with E-state index in [0.717, 1.165) is 25.7 Å². The Morgan fingerprint density at radius 3 is 2.71 bits per heavy atom. The Morgan fingerprint density at radius 1 is 1.36 bits per heavy atom. The van der Waals surface area contributed by atoms with Crippen molar-refractivity contribution in [1.29, 1.82) is 0 Å². The fourth-order valence-corrected chi connectivity index (χ4v) is 2.20. The van der Waals surface area contributed by atoms with Crippen LogP contribution in [-0.4, -0.2) is 28.9 Å². The molecule has 2 fully saturated rings. The largest absolute Gasteiger partial charge is 0.410 e. The van der Waals surface area contributed by atoms with Crippen LogP contribution >= 0.6 is 11.6 Å². The van der Waals surface area contributed by atoms with Crippen LogP contribution in [-0.2, 0) is 9.47 Å². The quantitative estimate of drug-likeness (QED) is 0.417. The fraction of sp³-hybridized carbons (Fsp3) is 0.889. The second kappa shape index (κ2) is 4.04. The molecule has 0 aromatic carbocycles. The Kier molecular flexibility index (Phi) is 2.95. The molecule has 1 aliphatic heterocycles. The lowest BCUT2D eigenvalue weighted by molar-refractivity contribution is -0.181. The number of ether oxygens (including phenoxy) is 2. The average molecular weight is 220 g/mol. The maximum Gasteiger partial charge on any atom is 0.176 e. The average Bonchev–Trinajstić information content (AvgIpc) is 2.62. The van der Waals surface area contributed by atoms with Crippen molar-refractivity contribution in [2.75, 3.05) is 6.61 Å². The van der Waals surface area contributed by atoms with Crippen LogP contribution < -0.4 is 0 Å². The van der Waals surface area contributed by atoms with E-state index in [-0.39, 0.29) is 11.3 Å². The second-order valence-electron chi connectivity index (χ2n) is 3.81. The molecule has 14 heavy (non-hydrogen) atoms. The highest BCUT2D eigenvalue weighted by Crippen LogP contribution is 2.38. The van der Waals surface area contributed by atoms with E-state index < -0.39 is 5.79 Å². The molecule has 1 spiro atoms. The molecule has 1 saturated heterocycles. The number of oxime groups is 1. The minimum Gasteiger partial charge on any atom is -0.410 e. The summed E-state index contributed by atoms with van der Waals surface area (Å²) in [5.41, 5.74) is 0. The van der Waals surface area contributed by atoms with Gasteiger partial charge in [-0.1, -0.05) is 23.2 Å². The van der Waals surface area contributed by atoms with E-state index in [2.05, 4.69) is 5.16 Å². The third-order valence-electron chi connectivity index (χ3n) is 2.83. The van der Waals surface area contributed by atoms with Crippen molar-refractivity contribution in [3.63, 3.8) is 0 Å². The minimum atomic E-state index is -0.451. The van der Waals surface area contributed by atoms with Crippen molar-refractivity contribution >= 4 is 16.8 Å². The lowest BCUT2D eigenvalue weighted by atomic mass is 9.94. The first kappa shape index (κ1) is 10.2. The van der Waals surface area contributed by atoms with Crippen LogP contribution in [0.5, 0.6) is 0 Å². The van der Waals surface area contributed by atoms with Gasteiger partial charge < -0.3 is 14.7 Å². The van der Waals surface area contributed by atoms with Crippen molar-refractivity contribution < 1.29 is 14.7 Å². The molecule has 1 unspecified atom stereocenters. The van der Waals surface area contributed by atoms with Crippen LogP contribution in [0.3, 0.4) is 0 Å². The van der Waals surface area contributed by atoms with Crippen LogP contribution in [0, 0.1) is 0 Å². The number of nitrogens with zero attached hydrogens (tertiary/aromatic N) is 1. The molecule has 1 heterocycles. The van der Waals surface area contributed by atoms with E-state index in [4.69, 9.17) is 26.3 Å². The van der Waals surface area contributed by atoms with Crippen molar-refractivity contribution in [2.24, 2.45) is 5.16 Å². The summed E-state index contributed by atoms with van der Waals surface area (Å²) in [6.45, 7) is 0.392. The number of hydrogen-bond donors (Lipinski definition) is 1. The van der Waals surface area contributed by atoms with Crippen molar-refractivity contribution in [3.05, 3.63) is 0 Å². The third kappa shape index (κ3) is 1.87. The van der Waals surface area contributed by atoms with E-state index in [1.807, 2.05) is 0 Å². The van der Waals surface area contributed by atoms with Crippen LogP contribution in [0.1, 0.15) is 32.1 Å². The molecule has 1 saturated carbocycles. The van der Waals surface area contributed by atoms with Gasteiger partial charge in [0.25, 0.3) is 0 Å². The van der Waals surface area contributed by atoms with Gasteiger partial charge in [-0.05, 0) is 12.8 Å². The van der Waals surface area contributed by atoms with Gasteiger partial charge in [0.05, 0.1) is 6.61 Å². The maximum absolute atomic E-state index is 8.50. The molecule has 1 aliphatic carbocycles. The van der Waals surface area contributed by atoms with Crippen LogP contribution in [0.4, 0.5) is 0 Å². The lowest BCUT2D eigenvalue weighted by Crippen LogP contribution is -2.34. The summed E-state index contributed by atoms with van der Waals surface area (Å²) < 4.78 is 11.3. The van der Waals surface area contributed by atoms with Gasteiger partial charge in [-0.25, -0.2) is 0 Å². The molecule has 0 aromatic rings. The molecule has 2 rings (SSSR count). The van der Waals surface area contributed by atoms with E-state index in [1.54, 1.807) is 0 Å². The smallest absolute Gasteiger partial charge is 0.176 e. The highest BCUT2D eigenvalue weighted by molar-refractivity contribution is 6.66. The van der Waals surface area contributed by atoms with Gasteiger partial charge in [-0.3, -0.25) is 0 Å². The Labute approximate surface area is 87.8 Å². The molecule has 2 aliphatic rings. The fourth-order valence-electron chi connectivity index (χ4n) is 2.09. The topological polar surface area (TPSA) is 51.1 Å². The predicted molar refractivity (Wildman–Crippen MR) is 51.7 cm³/mol. The molecular weight excluding hydrogens is 206 g/mol. The zero-order valence-electron chi connectivity index (χ0n) is 7.91. The maximum atomic E-state index is 8.50. The van der Waals surface area contributed by atoms with Crippen molar-refractivity contribution in [1.82, 2.24) is 0 Å². The summed E-state index contributed by atoms with van der Waals surface area (Å²) in [5.74, 6) is -0.451. The lowest BCUT2D eigenvalue weighted by Gasteiger charge is -2.31. The Bertz CT molecular complexity index is 238. The van der Waals surface area contributed by atoms with Crippen molar-refractivity contribution in [2.45, 2.75) is 44.0 Å². The van der Waals surface area contributed by atoms with Gasteiger partial charge >= 0.3 is 0 Å². The summed E-state index contributed by atoms with van der Waals surface area (Å²) in [6.07, 6.45) is 4.93. The minimum absolute atomic E-state index is 0.0763. The van der Waals surface area contributed by atoms with Gasteiger partial charge in [0.1, 0.15) is 6.10 Å². The molecular formula is C9H14ClNO3. The van der Waals surface area contributed by atoms with Gasteiger partial charge in [0.2, 0.25) is 0 Å². The van der Waals surface area contributed by atoms with Gasteiger partial charge in [0.15, 0.2) is 11.0 Å². The second-order valence-corrected chi connectivity index (χ2v) is 4.20. The molecule has 5 heteroatoms. The van der Waals surface area contributed by atoms with Crippen LogP contribution in [0.2, 0.25) is 0 Å². The standard InChI is InChI=1S/C9H14ClNO3/c10-8(11-12)7-6-13-9(14-7)4-2-1-3-5-9/h7,12H,1-6H2. The third-order valence-corrected chi connectivity index (χ3v) is 3.15. The summed E-state index contributed by atoms with van der Waals surface area (Å²) >= 11 is 5.67. The zero-order valence-corrected chi connectivity index (χ0v) is 8.66. The van der Waals surface area contributed by atoms with Crippen molar-refractivity contribution in [3.8, 4) is 0 Å². The molecule has 1 N–H and O–H groups in total. The molecule has 4 nitrogen and oxygen atoms in total. The van der Waals surface area contributed by atoms with E-state index >= 15 is 0 Å². The summed E-state index contributed by atoms with van der Waals surface area (Å²) in [6, 6.07) is 0. The molecule has 0 bridgehead atoms. The van der Waals surface area contributed by atoms with E-state index in [1.165, 1.54) is 6.42 Å². The van der Waals surface area contributed by atoms with E-state index in [9.17, 15) is 0 Å². The Morgan fingerprint density at radius 2 is 2.07 bits per heavy atom. The Balaban J connectivity index is 1.99. The first-order valence-corrected chi connectivity index (χ1v) is 5.33. The monoisotopic (exact) mass is 219 g/mol. The van der Waals surface area contributed by atoms with Gasteiger partial charge in [0, 0.05) is 12.8 Å². The first-order chi connectivity index (χ1) is 6.76. The van der Waals surface area contributed by atoms with Crippen LogP contribution in [0.15, 0.2) is 5.16 Å². The predicted octanol–water partition coefficient (Wildman–Crippen LogP) is 2.09. The zero-order chi connectivity index (χ0) is 10.0. The highest BCUT2D eigenvalue weighted by Gasteiger charge is 2.43. The SMILES string of the molecule is ON=C(Cl)C1COC2(CCCCC2)O1. The number of halogens is 1.